The first-order valence-electron chi connectivity index (χ1n) is 8.06. The van der Waals surface area contributed by atoms with Crippen molar-refractivity contribution in [1.82, 2.24) is 10.2 Å². The molecule has 0 radical (unpaired) electrons. The highest BCUT2D eigenvalue weighted by Crippen LogP contribution is 2.28. The lowest BCUT2D eigenvalue weighted by Gasteiger charge is -2.45. The summed E-state index contributed by atoms with van der Waals surface area (Å²) in [5, 5.41) is 2.85. The molecule has 1 fully saturated rings. The van der Waals surface area contributed by atoms with Gasteiger partial charge in [-0.15, -0.1) is 0 Å². The number of carbonyl (C=O) groups excluding carboxylic acids is 1. The van der Waals surface area contributed by atoms with E-state index < -0.39 is 5.60 Å². The van der Waals surface area contributed by atoms with Crippen molar-refractivity contribution in [2.45, 2.75) is 65.6 Å². The normalized spacial score (nSPS) is 29.0. The molecule has 0 aromatic rings. The second kappa shape index (κ2) is 7.45. The van der Waals surface area contributed by atoms with Gasteiger partial charge in [0.2, 0.25) is 0 Å². The molecule has 1 heterocycles. The molecule has 0 bridgehead atoms. The van der Waals surface area contributed by atoms with E-state index in [-0.39, 0.29) is 12.1 Å². The van der Waals surface area contributed by atoms with Crippen LogP contribution >= 0.6 is 0 Å². The first-order valence-corrected chi connectivity index (χ1v) is 8.06. The number of ether oxygens (including phenoxy) is 1. The van der Waals surface area contributed by atoms with Gasteiger partial charge in [-0.05, 0) is 46.0 Å². The van der Waals surface area contributed by atoms with Gasteiger partial charge in [-0.1, -0.05) is 13.8 Å². The largest absolute Gasteiger partial charge is 0.444 e. The van der Waals surface area contributed by atoms with Crippen LogP contribution in [0.3, 0.4) is 0 Å². The van der Waals surface area contributed by atoms with Gasteiger partial charge in [-0.2, -0.15) is 0 Å². The molecule has 4 atom stereocenters. The van der Waals surface area contributed by atoms with Crippen molar-refractivity contribution in [3.05, 3.63) is 0 Å². The van der Waals surface area contributed by atoms with Crippen LogP contribution in [-0.2, 0) is 4.74 Å². The van der Waals surface area contributed by atoms with Gasteiger partial charge in [0.1, 0.15) is 5.60 Å². The number of rotatable bonds is 4. The number of hydrogen-bond donors (Lipinski definition) is 2. The van der Waals surface area contributed by atoms with Crippen molar-refractivity contribution in [1.29, 1.82) is 0 Å². The molecule has 0 spiro atoms. The van der Waals surface area contributed by atoms with Crippen LogP contribution in [0.2, 0.25) is 0 Å². The van der Waals surface area contributed by atoms with Crippen LogP contribution in [-0.4, -0.2) is 48.3 Å². The summed E-state index contributed by atoms with van der Waals surface area (Å²) < 4.78 is 5.28. The monoisotopic (exact) mass is 299 g/mol. The molecule has 3 N–H and O–H groups in total. The summed E-state index contributed by atoms with van der Waals surface area (Å²) in [5.74, 6) is 1.33. The molecule has 5 nitrogen and oxygen atoms in total. The number of nitrogens with zero attached hydrogens (tertiary/aromatic N) is 1. The summed E-state index contributed by atoms with van der Waals surface area (Å²) in [6.45, 7) is 14.5. The van der Waals surface area contributed by atoms with Crippen molar-refractivity contribution < 1.29 is 9.53 Å². The van der Waals surface area contributed by atoms with Gasteiger partial charge in [0, 0.05) is 31.7 Å². The van der Waals surface area contributed by atoms with Crippen LogP contribution in [0.5, 0.6) is 0 Å². The van der Waals surface area contributed by atoms with E-state index >= 15 is 0 Å². The Morgan fingerprint density at radius 1 is 1.38 bits per heavy atom. The molecular weight excluding hydrogens is 266 g/mol. The minimum absolute atomic E-state index is 0.165. The number of hydrogen-bond acceptors (Lipinski definition) is 4. The summed E-state index contributed by atoms with van der Waals surface area (Å²) >= 11 is 0. The average Bonchev–Trinajstić information content (AvgIpc) is 2.33. The molecule has 0 aromatic heterocycles. The van der Waals surface area contributed by atoms with Crippen LogP contribution in [0.4, 0.5) is 4.79 Å². The Morgan fingerprint density at radius 3 is 2.52 bits per heavy atom. The Kier molecular flexibility index (Phi) is 6.47. The zero-order valence-electron chi connectivity index (χ0n) is 14.5. The molecule has 1 aliphatic rings. The maximum absolute atomic E-state index is 11.8. The van der Waals surface area contributed by atoms with E-state index in [9.17, 15) is 4.79 Å². The van der Waals surface area contributed by atoms with E-state index in [2.05, 4.69) is 31.0 Å². The third kappa shape index (κ3) is 5.83. The Labute approximate surface area is 129 Å². The molecule has 5 heteroatoms. The zero-order valence-corrected chi connectivity index (χ0v) is 14.5. The molecule has 1 aliphatic heterocycles. The number of amides is 1. The average molecular weight is 299 g/mol. The third-order valence-corrected chi connectivity index (χ3v) is 4.27. The van der Waals surface area contributed by atoms with Crippen molar-refractivity contribution in [3.63, 3.8) is 0 Å². The fourth-order valence-electron chi connectivity index (χ4n) is 3.09. The lowest BCUT2D eigenvalue weighted by molar-refractivity contribution is 0.0338. The van der Waals surface area contributed by atoms with E-state index in [4.69, 9.17) is 10.5 Å². The standard InChI is InChI=1S/C16H33N3O2/c1-11-7-12(2)13(3)19(10-11)14(8-17)9-18-15(20)21-16(4,5)6/h11-14H,7-10,17H2,1-6H3,(H,18,20). The van der Waals surface area contributed by atoms with Crippen LogP contribution in [0.15, 0.2) is 0 Å². The fraction of sp³-hybridized carbons (Fsp3) is 0.938. The van der Waals surface area contributed by atoms with E-state index in [0.29, 0.717) is 31.0 Å². The maximum atomic E-state index is 11.8. The Bertz CT molecular complexity index is 341. The summed E-state index contributed by atoms with van der Waals surface area (Å²) in [6.07, 6.45) is 0.890. The van der Waals surface area contributed by atoms with Gasteiger partial charge in [0.05, 0.1) is 0 Å². The predicted octanol–water partition coefficient (Wildman–Crippen LogP) is 2.20. The number of carbonyl (C=O) groups is 1. The summed E-state index contributed by atoms with van der Waals surface area (Å²) in [5.41, 5.74) is 5.47. The highest BCUT2D eigenvalue weighted by atomic mass is 16.6. The Hall–Kier alpha value is -0.810. The highest BCUT2D eigenvalue weighted by molar-refractivity contribution is 5.67. The predicted molar refractivity (Wildman–Crippen MR) is 86.2 cm³/mol. The SMILES string of the molecule is CC1CC(C)C(C)N(C(CN)CNC(=O)OC(C)(C)C)C1. The van der Waals surface area contributed by atoms with Crippen LogP contribution in [0, 0.1) is 11.8 Å². The Morgan fingerprint density at radius 2 is 2.00 bits per heavy atom. The van der Waals surface area contributed by atoms with Gasteiger partial charge in [-0.25, -0.2) is 4.79 Å². The molecular formula is C16H33N3O2. The van der Waals surface area contributed by atoms with Crippen LogP contribution < -0.4 is 11.1 Å². The molecule has 1 saturated heterocycles. The van der Waals surface area contributed by atoms with Crippen LogP contribution in [0.25, 0.3) is 0 Å². The zero-order chi connectivity index (χ0) is 16.2. The molecule has 124 valence electrons. The lowest BCUT2D eigenvalue weighted by atomic mass is 9.85. The van der Waals surface area contributed by atoms with E-state index in [1.165, 1.54) is 6.42 Å². The minimum Gasteiger partial charge on any atom is -0.444 e. The van der Waals surface area contributed by atoms with Gasteiger partial charge in [-0.3, -0.25) is 4.90 Å². The van der Waals surface area contributed by atoms with Crippen LogP contribution in [0.1, 0.15) is 48.0 Å². The highest BCUT2D eigenvalue weighted by Gasteiger charge is 2.33. The van der Waals surface area contributed by atoms with Crippen molar-refractivity contribution in [2.24, 2.45) is 17.6 Å². The van der Waals surface area contributed by atoms with E-state index in [1.54, 1.807) is 0 Å². The molecule has 0 aliphatic carbocycles. The fourth-order valence-corrected chi connectivity index (χ4v) is 3.09. The first-order chi connectivity index (χ1) is 9.64. The lowest BCUT2D eigenvalue weighted by Crippen LogP contribution is -2.56. The van der Waals surface area contributed by atoms with E-state index in [1.807, 2.05) is 20.8 Å². The first kappa shape index (κ1) is 18.2. The number of nitrogens with two attached hydrogens (primary N) is 1. The topological polar surface area (TPSA) is 67.6 Å². The third-order valence-electron chi connectivity index (χ3n) is 4.27. The molecule has 1 rings (SSSR count). The van der Waals surface area contributed by atoms with Gasteiger partial charge >= 0.3 is 6.09 Å². The summed E-state index contributed by atoms with van der Waals surface area (Å²) in [7, 11) is 0. The molecule has 4 unspecified atom stereocenters. The maximum Gasteiger partial charge on any atom is 0.407 e. The molecule has 21 heavy (non-hydrogen) atoms. The summed E-state index contributed by atoms with van der Waals surface area (Å²) in [6, 6.07) is 0.660. The minimum atomic E-state index is -0.469. The molecule has 0 saturated carbocycles. The number of nitrogens with one attached hydrogen (secondary N) is 1. The number of piperidine rings is 1. The van der Waals surface area contributed by atoms with Gasteiger partial charge in [0.25, 0.3) is 0 Å². The van der Waals surface area contributed by atoms with Crippen molar-refractivity contribution >= 4 is 6.09 Å². The number of alkyl carbamates (subject to hydrolysis) is 1. The summed E-state index contributed by atoms with van der Waals surface area (Å²) in [4.78, 5) is 14.2. The smallest absolute Gasteiger partial charge is 0.407 e. The second-order valence-electron chi connectivity index (χ2n) is 7.53. The quantitative estimate of drug-likeness (QED) is 0.835. The van der Waals surface area contributed by atoms with Gasteiger partial charge in [0.15, 0.2) is 0 Å². The van der Waals surface area contributed by atoms with E-state index in [0.717, 1.165) is 6.54 Å². The van der Waals surface area contributed by atoms with Gasteiger partial charge < -0.3 is 15.8 Å². The molecule has 1 amide bonds. The molecule has 0 aromatic carbocycles. The number of likely N-dealkylation sites (tertiary alicyclic amines) is 1. The Balaban J connectivity index is 2.56. The second-order valence-corrected chi connectivity index (χ2v) is 7.53. The van der Waals surface area contributed by atoms with Crippen molar-refractivity contribution in [3.8, 4) is 0 Å². The van der Waals surface area contributed by atoms with Crippen molar-refractivity contribution in [2.75, 3.05) is 19.6 Å².